The Labute approximate surface area is 203 Å². The molecule has 5 rings (SSSR count). The van der Waals surface area contributed by atoms with Crippen molar-refractivity contribution in [3.63, 3.8) is 0 Å². The molecule has 0 spiro atoms. The number of aliphatic imine (C=N–C) groups is 2. The van der Waals surface area contributed by atoms with Gasteiger partial charge in [-0.25, -0.2) is 9.98 Å². The molecule has 34 heavy (non-hydrogen) atoms. The van der Waals surface area contributed by atoms with Crippen LogP contribution in [0.15, 0.2) is 39.9 Å². The Balaban J connectivity index is 1.36. The van der Waals surface area contributed by atoms with Crippen molar-refractivity contribution >= 4 is 40.0 Å². The number of likely N-dealkylation sites (tertiary alicyclic amines) is 1. The largest absolute Gasteiger partial charge is 0.329 e. The average Bonchev–Trinajstić information content (AvgIpc) is 3.62. The summed E-state index contributed by atoms with van der Waals surface area (Å²) in [7, 11) is 0. The zero-order chi connectivity index (χ0) is 23.3. The molecular weight excluding hydrogens is 448 g/mol. The highest BCUT2D eigenvalue weighted by molar-refractivity contribution is 7.13. The summed E-state index contributed by atoms with van der Waals surface area (Å²) >= 11 is 1.42. The molecule has 1 atom stereocenters. The van der Waals surface area contributed by atoms with E-state index in [0.717, 1.165) is 62.4 Å². The van der Waals surface area contributed by atoms with Crippen LogP contribution < -0.4 is 10.6 Å². The van der Waals surface area contributed by atoms with Crippen molar-refractivity contribution in [2.24, 2.45) is 9.98 Å². The molecule has 9 nitrogen and oxygen atoms in total. The number of carbonyl (C=O) groups excluding carboxylic acids is 1. The highest BCUT2D eigenvalue weighted by Gasteiger charge is 2.34. The molecule has 1 saturated heterocycles. The van der Waals surface area contributed by atoms with Gasteiger partial charge in [0.05, 0.1) is 0 Å². The van der Waals surface area contributed by atoms with Gasteiger partial charge < -0.3 is 15.5 Å². The van der Waals surface area contributed by atoms with E-state index in [9.17, 15) is 4.79 Å². The van der Waals surface area contributed by atoms with Crippen LogP contribution in [0.3, 0.4) is 0 Å². The number of anilines is 2. The minimum Gasteiger partial charge on any atom is -0.329 e. The number of thiazole rings is 1. The summed E-state index contributed by atoms with van der Waals surface area (Å²) in [6.07, 6.45) is 12.0. The number of carbonyl (C=O) groups is 1. The molecule has 0 bridgehead atoms. The minimum absolute atomic E-state index is 0.0705. The van der Waals surface area contributed by atoms with Gasteiger partial charge in [-0.2, -0.15) is 10.1 Å². The number of amidine groups is 1. The Kier molecular flexibility index (Phi) is 7.03. The number of amides is 1. The summed E-state index contributed by atoms with van der Waals surface area (Å²) in [5.41, 5.74) is 2.00. The summed E-state index contributed by atoms with van der Waals surface area (Å²) in [6.45, 7) is 4.87. The zero-order valence-corrected chi connectivity index (χ0v) is 20.2. The van der Waals surface area contributed by atoms with E-state index in [2.05, 4.69) is 38.5 Å². The molecule has 0 aromatic carbocycles. The number of aromatic amines is 1. The lowest BCUT2D eigenvalue weighted by atomic mass is 10.0. The number of hydrogen-bond donors (Lipinski definition) is 3. The molecule has 2 aromatic heterocycles. The molecule has 1 unspecified atom stereocenters. The Bertz CT molecular complexity index is 1070. The fourth-order valence-electron chi connectivity index (χ4n) is 4.99. The van der Waals surface area contributed by atoms with E-state index in [4.69, 9.17) is 9.98 Å². The standard InChI is InChI=1S/C24H32N8OS/c1-16-7-2-5-11-20(27-21-15-18(30-31-21)17-8-3-4-9-17)28-23(26-16)32-13-6-10-19(32)22(33)29-24-25-12-14-34-24/h12,14-15,17,19H,1-11,13H2,(H,25,29,33)(H2,26,27,28,30,31). The number of H-pyrrole nitrogens is 1. The van der Waals surface area contributed by atoms with Crippen LogP contribution in [0.4, 0.5) is 10.9 Å². The van der Waals surface area contributed by atoms with Gasteiger partial charge in [-0.05, 0) is 44.9 Å². The fourth-order valence-corrected chi connectivity index (χ4v) is 5.52. The first-order chi connectivity index (χ1) is 16.7. The molecule has 10 heteroatoms. The summed E-state index contributed by atoms with van der Waals surface area (Å²) < 4.78 is 0. The lowest BCUT2D eigenvalue weighted by Crippen LogP contribution is -2.43. The van der Waals surface area contributed by atoms with Gasteiger partial charge in [0.2, 0.25) is 11.9 Å². The molecule has 3 aliphatic rings. The molecule has 1 aliphatic carbocycles. The van der Waals surface area contributed by atoms with Crippen LogP contribution in [0.25, 0.3) is 0 Å². The molecule has 0 radical (unpaired) electrons. The quantitative estimate of drug-likeness (QED) is 0.578. The van der Waals surface area contributed by atoms with E-state index in [0.29, 0.717) is 17.0 Å². The van der Waals surface area contributed by atoms with Crippen LogP contribution in [0, 0.1) is 0 Å². The lowest BCUT2D eigenvalue weighted by molar-refractivity contribution is -0.119. The van der Waals surface area contributed by atoms with Gasteiger partial charge in [-0.3, -0.25) is 9.89 Å². The van der Waals surface area contributed by atoms with E-state index < -0.39 is 0 Å². The Morgan fingerprint density at radius 1 is 1.12 bits per heavy atom. The van der Waals surface area contributed by atoms with E-state index >= 15 is 0 Å². The van der Waals surface area contributed by atoms with Crippen molar-refractivity contribution in [3.8, 4) is 0 Å². The van der Waals surface area contributed by atoms with Gasteiger partial charge in [0.1, 0.15) is 11.9 Å². The number of nitrogens with one attached hydrogen (secondary N) is 3. The smallest absolute Gasteiger partial charge is 0.248 e. The highest BCUT2D eigenvalue weighted by atomic mass is 32.1. The third-order valence-electron chi connectivity index (χ3n) is 6.76. The maximum absolute atomic E-state index is 13.0. The average molecular weight is 481 g/mol. The van der Waals surface area contributed by atoms with Crippen molar-refractivity contribution < 1.29 is 4.79 Å². The predicted molar refractivity (Wildman–Crippen MR) is 136 cm³/mol. The van der Waals surface area contributed by atoms with Crippen LogP contribution in [0.1, 0.15) is 75.8 Å². The van der Waals surface area contributed by atoms with E-state index in [1.165, 1.54) is 42.7 Å². The monoisotopic (exact) mass is 480 g/mol. The van der Waals surface area contributed by atoms with Gasteiger partial charge in [-0.1, -0.05) is 19.4 Å². The third-order valence-corrected chi connectivity index (χ3v) is 7.45. The summed E-state index contributed by atoms with van der Waals surface area (Å²) in [5.74, 6) is 2.67. The normalized spacial score (nSPS) is 25.1. The van der Waals surface area contributed by atoms with Gasteiger partial charge in [-0.15, -0.1) is 11.3 Å². The predicted octanol–water partition coefficient (Wildman–Crippen LogP) is 4.88. The molecule has 3 N–H and O–H groups in total. The first-order valence-corrected chi connectivity index (χ1v) is 13.2. The van der Waals surface area contributed by atoms with Crippen LogP contribution in [-0.2, 0) is 4.79 Å². The van der Waals surface area contributed by atoms with Crippen molar-refractivity contribution in [2.45, 2.75) is 76.2 Å². The molecule has 1 amide bonds. The minimum atomic E-state index is -0.333. The lowest BCUT2D eigenvalue weighted by Gasteiger charge is -2.25. The number of guanidine groups is 1. The van der Waals surface area contributed by atoms with Crippen LogP contribution >= 0.6 is 11.3 Å². The molecule has 2 aromatic rings. The zero-order valence-electron chi connectivity index (χ0n) is 19.4. The maximum Gasteiger partial charge on any atom is 0.248 e. The van der Waals surface area contributed by atoms with E-state index in [-0.39, 0.29) is 11.9 Å². The van der Waals surface area contributed by atoms with Crippen molar-refractivity contribution in [1.82, 2.24) is 20.1 Å². The number of rotatable bonds is 4. The van der Waals surface area contributed by atoms with Gasteiger partial charge in [0, 0.05) is 47.9 Å². The van der Waals surface area contributed by atoms with Crippen LogP contribution in [0.2, 0.25) is 0 Å². The first kappa shape index (κ1) is 22.8. The second-order valence-electron chi connectivity index (χ2n) is 9.24. The molecule has 4 heterocycles. The molecule has 1 saturated carbocycles. The van der Waals surface area contributed by atoms with Crippen LogP contribution in [-0.4, -0.2) is 50.4 Å². The maximum atomic E-state index is 13.0. The van der Waals surface area contributed by atoms with Gasteiger partial charge in [0.15, 0.2) is 10.9 Å². The Morgan fingerprint density at radius 3 is 2.79 bits per heavy atom. The second-order valence-corrected chi connectivity index (χ2v) is 10.1. The van der Waals surface area contributed by atoms with Gasteiger partial charge in [0.25, 0.3) is 0 Å². The van der Waals surface area contributed by atoms with Crippen molar-refractivity contribution in [1.29, 1.82) is 0 Å². The Morgan fingerprint density at radius 2 is 1.97 bits per heavy atom. The molecule has 2 aliphatic heterocycles. The second kappa shape index (κ2) is 10.5. The SMILES string of the molecule is C=C1CCCC/C(Nc2cc(C3CCCC3)[nH]n2)=N\C(N2CCCC2C(=O)Nc2nccs2)=N/1. The summed E-state index contributed by atoms with van der Waals surface area (Å²) in [5, 5.41) is 16.5. The molecule has 2 fully saturated rings. The topological polar surface area (TPSA) is 111 Å². The number of aromatic nitrogens is 3. The van der Waals surface area contributed by atoms with Crippen molar-refractivity contribution in [3.05, 3.63) is 35.6 Å². The highest BCUT2D eigenvalue weighted by Crippen LogP contribution is 2.33. The van der Waals surface area contributed by atoms with Gasteiger partial charge >= 0.3 is 0 Å². The van der Waals surface area contributed by atoms with Crippen molar-refractivity contribution in [2.75, 3.05) is 17.2 Å². The number of allylic oxidation sites excluding steroid dienone is 1. The third kappa shape index (κ3) is 5.38. The summed E-state index contributed by atoms with van der Waals surface area (Å²) in [6, 6.07) is 1.78. The summed E-state index contributed by atoms with van der Waals surface area (Å²) in [4.78, 5) is 28.9. The fraction of sp³-hybridized carbons (Fsp3) is 0.542. The van der Waals surface area contributed by atoms with E-state index in [1.54, 1.807) is 6.20 Å². The van der Waals surface area contributed by atoms with Crippen LogP contribution in [0.5, 0.6) is 0 Å². The van der Waals surface area contributed by atoms with E-state index in [1.807, 2.05) is 10.3 Å². The molecule has 180 valence electrons. The number of hydrogen-bond acceptors (Lipinski definition) is 8. The Hall–Kier alpha value is -3.01. The molecular formula is C24H32N8OS. The first-order valence-electron chi connectivity index (χ1n) is 12.3. The number of nitrogens with zero attached hydrogens (tertiary/aromatic N) is 5.